The maximum atomic E-state index is 11.8. The monoisotopic (exact) mass is 535 g/mol. The van der Waals surface area contributed by atoms with Gasteiger partial charge in [-0.2, -0.15) is 0 Å². The fraction of sp³-hybridized carbons (Fsp3) is 0.941. The first-order valence-electron chi connectivity index (χ1n) is 17.2. The second-order valence-corrected chi connectivity index (χ2v) is 12.0. The summed E-state index contributed by atoms with van der Waals surface area (Å²) < 4.78 is 0. The van der Waals surface area contributed by atoms with Crippen LogP contribution in [-0.2, 0) is 9.59 Å². The zero-order valence-electron chi connectivity index (χ0n) is 25.9. The molecule has 2 aliphatic rings. The van der Waals surface area contributed by atoms with E-state index in [0.717, 1.165) is 51.9 Å². The summed E-state index contributed by atoms with van der Waals surface area (Å²) in [5.74, 6) is 0.782. The molecular weight excluding hydrogens is 468 g/mol. The van der Waals surface area contributed by atoms with E-state index in [0.29, 0.717) is 11.8 Å². The molecule has 224 valence electrons. The second kappa shape index (κ2) is 26.2. The van der Waals surface area contributed by atoms with Gasteiger partial charge < -0.3 is 9.80 Å². The van der Waals surface area contributed by atoms with Crippen molar-refractivity contribution >= 4 is 11.8 Å². The Labute approximate surface area is 238 Å². The van der Waals surface area contributed by atoms with Crippen molar-refractivity contribution in [2.75, 3.05) is 26.2 Å². The van der Waals surface area contributed by atoms with Crippen LogP contribution in [0, 0.1) is 0 Å². The standard InChI is InChI=1S/C18H35NO.C16H31NO/c1-2-3-4-5-6-7-8-9-10-13-16-19-17-14-11-12-15-18(19)20;1-2-3-4-5-6-7-8-9-10-11-14-17-15-12-13-16(17)18/h2-17H2,1H3;2-15H2,1H3. The first-order chi connectivity index (χ1) is 18.7. The van der Waals surface area contributed by atoms with E-state index >= 15 is 0 Å². The van der Waals surface area contributed by atoms with Crippen LogP contribution in [0.15, 0.2) is 0 Å². The lowest BCUT2D eigenvalue weighted by Crippen LogP contribution is -2.31. The van der Waals surface area contributed by atoms with Crippen LogP contribution in [0.2, 0.25) is 0 Å². The van der Waals surface area contributed by atoms with E-state index in [9.17, 15) is 9.59 Å². The number of carbonyl (C=O) groups is 2. The third-order valence-corrected chi connectivity index (χ3v) is 8.41. The van der Waals surface area contributed by atoms with Crippen molar-refractivity contribution in [1.29, 1.82) is 0 Å². The highest BCUT2D eigenvalue weighted by molar-refractivity contribution is 5.78. The van der Waals surface area contributed by atoms with Crippen molar-refractivity contribution in [1.82, 2.24) is 9.80 Å². The van der Waals surface area contributed by atoms with Crippen LogP contribution in [0.5, 0.6) is 0 Å². The molecule has 2 saturated heterocycles. The summed E-state index contributed by atoms with van der Waals surface area (Å²) in [6, 6.07) is 0. The lowest BCUT2D eigenvalue weighted by Gasteiger charge is -2.20. The van der Waals surface area contributed by atoms with E-state index in [-0.39, 0.29) is 0 Å². The molecule has 0 N–H and O–H groups in total. The quantitative estimate of drug-likeness (QED) is 0.130. The van der Waals surface area contributed by atoms with Crippen LogP contribution in [-0.4, -0.2) is 47.8 Å². The van der Waals surface area contributed by atoms with Gasteiger partial charge in [-0.15, -0.1) is 0 Å². The number of hydrogen-bond donors (Lipinski definition) is 0. The van der Waals surface area contributed by atoms with Gasteiger partial charge in [0.2, 0.25) is 11.8 Å². The number of rotatable bonds is 22. The van der Waals surface area contributed by atoms with E-state index in [1.165, 1.54) is 141 Å². The van der Waals surface area contributed by atoms with Crippen molar-refractivity contribution in [2.45, 2.75) is 181 Å². The molecule has 2 heterocycles. The van der Waals surface area contributed by atoms with E-state index in [1.807, 2.05) is 4.90 Å². The number of likely N-dealkylation sites (tertiary alicyclic amines) is 2. The lowest BCUT2D eigenvalue weighted by molar-refractivity contribution is -0.130. The first-order valence-corrected chi connectivity index (χ1v) is 17.2. The molecule has 0 atom stereocenters. The number of nitrogens with zero attached hydrogens (tertiary/aromatic N) is 2. The topological polar surface area (TPSA) is 40.6 Å². The molecule has 0 aliphatic carbocycles. The predicted octanol–water partition coefficient (Wildman–Crippen LogP) is 9.84. The molecule has 4 nitrogen and oxygen atoms in total. The Morgan fingerprint density at radius 1 is 0.421 bits per heavy atom. The van der Waals surface area contributed by atoms with Gasteiger partial charge in [0.15, 0.2) is 0 Å². The van der Waals surface area contributed by atoms with Gasteiger partial charge in [0.1, 0.15) is 0 Å². The molecule has 4 heteroatoms. The molecule has 38 heavy (non-hydrogen) atoms. The number of carbonyl (C=O) groups excluding carboxylic acids is 2. The van der Waals surface area contributed by atoms with Crippen molar-refractivity contribution in [3.8, 4) is 0 Å². The van der Waals surface area contributed by atoms with Crippen molar-refractivity contribution in [3.63, 3.8) is 0 Å². The summed E-state index contributed by atoms with van der Waals surface area (Å²) >= 11 is 0. The smallest absolute Gasteiger partial charge is 0.222 e. The van der Waals surface area contributed by atoms with E-state index in [1.54, 1.807) is 0 Å². The summed E-state index contributed by atoms with van der Waals surface area (Å²) in [6.07, 6.45) is 33.6. The third kappa shape index (κ3) is 19.9. The predicted molar refractivity (Wildman–Crippen MR) is 165 cm³/mol. The van der Waals surface area contributed by atoms with Crippen LogP contribution in [0.25, 0.3) is 0 Å². The van der Waals surface area contributed by atoms with Crippen LogP contribution < -0.4 is 0 Å². The first kappa shape index (κ1) is 35.0. The van der Waals surface area contributed by atoms with Crippen molar-refractivity contribution in [2.24, 2.45) is 0 Å². The number of unbranched alkanes of at least 4 members (excludes halogenated alkanes) is 18. The molecule has 2 fully saturated rings. The highest BCUT2D eigenvalue weighted by atomic mass is 16.2. The van der Waals surface area contributed by atoms with Crippen molar-refractivity contribution in [3.05, 3.63) is 0 Å². The minimum absolute atomic E-state index is 0.380. The Morgan fingerprint density at radius 2 is 0.763 bits per heavy atom. The Kier molecular flexibility index (Phi) is 24.1. The van der Waals surface area contributed by atoms with Gasteiger partial charge >= 0.3 is 0 Å². The number of amides is 2. The Bertz CT molecular complexity index is 551. The molecule has 0 radical (unpaired) electrons. The molecule has 0 saturated carbocycles. The molecule has 0 spiro atoms. The Balaban J connectivity index is 0.000000382. The average Bonchev–Trinajstić information content (AvgIpc) is 3.22. The molecule has 2 aliphatic heterocycles. The normalized spacial score (nSPS) is 16.1. The van der Waals surface area contributed by atoms with Crippen LogP contribution in [0.4, 0.5) is 0 Å². The summed E-state index contributed by atoms with van der Waals surface area (Å²) in [6.45, 7) is 8.58. The van der Waals surface area contributed by atoms with Crippen LogP contribution in [0.1, 0.15) is 181 Å². The van der Waals surface area contributed by atoms with Gasteiger partial charge in [0, 0.05) is 39.0 Å². The fourth-order valence-electron chi connectivity index (χ4n) is 5.80. The summed E-state index contributed by atoms with van der Waals surface area (Å²) in [7, 11) is 0. The Morgan fingerprint density at radius 3 is 1.13 bits per heavy atom. The SMILES string of the molecule is CCCCCCCCCCCCN1CCCC1=O.CCCCCCCCCCCCN1CCCCCC1=O. The zero-order chi connectivity index (χ0) is 27.5. The van der Waals surface area contributed by atoms with Gasteiger partial charge in [0.25, 0.3) is 0 Å². The molecule has 0 aromatic rings. The van der Waals surface area contributed by atoms with Gasteiger partial charge in [-0.25, -0.2) is 0 Å². The van der Waals surface area contributed by atoms with Crippen molar-refractivity contribution < 1.29 is 9.59 Å². The number of hydrogen-bond acceptors (Lipinski definition) is 2. The van der Waals surface area contributed by atoms with E-state index in [2.05, 4.69) is 18.7 Å². The fourth-order valence-corrected chi connectivity index (χ4v) is 5.80. The van der Waals surface area contributed by atoms with Crippen LogP contribution in [0.3, 0.4) is 0 Å². The molecule has 0 aromatic carbocycles. The maximum Gasteiger partial charge on any atom is 0.222 e. The molecular formula is C34H66N2O2. The average molecular weight is 535 g/mol. The highest BCUT2D eigenvalue weighted by Gasteiger charge is 2.18. The molecule has 2 amide bonds. The van der Waals surface area contributed by atoms with Gasteiger partial charge in [0.05, 0.1) is 0 Å². The minimum Gasteiger partial charge on any atom is -0.343 e. The summed E-state index contributed by atoms with van der Waals surface area (Å²) in [4.78, 5) is 27.4. The lowest BCUT2D eigenvalue weighted by atomic mass is 10.1. The van der Waals surface area contributed by atoms with E-state index in [4.69, 9.17) is 0 Å². The molecule has 0 aromatic heterocycles. The Hall–Kier alpha value is -1.06. The summed E-state index contributed by atoms with van der Waals surface area (Å²) in [5, 5.41) is 0. The third-order valence-electron chi connectivity index (χ3n) is 8.41. The van der Waals surface area contributed by atoms with Gasteiger partial charge in [-0.1, -0.05) is 136 Å². The molecule has 0 unspecified atom stereocenters. The minimum atomic E-state index is 0.380. The molecule has 2 rings (SSSR count). The van der Waals surface area contributed by atoms with Gasteiger partial charge in [-0.05, 0) is 32.1 Å². The summed E-state index contributed by atoms with van der Waals surface area (Å²) in [5.41, 5.74) is 0. The van der Waals surface area contributed by atoms with Gasteiger partial charge in [-0.3, -0.25) is 9.59 Å². The highest BCUT2D eigenvalue weighted by Crippen LogP contribution is 2.15. The molecule has 0 bridgehead atoms. The maximum absolute atomic E-state index is 11.8. The van der Waals surface area contributed by atoms with Crippen LogP contribution >= 0.6 is 0 Å². The van der Waals surface area contributed by atoms with E-state index < -0.39 is 0 Å². The second-order valence-electron chi connectivity index (χ2n) is 12.0. The zero-order valence-corrected chi connectivity index (χ0v) is 25.9. The largest absolute Gasteiger partial charge is 0.343 e.